The predicted octanol–water partition coefficient (Wildman–Crippen LogP) is 2.42. The van der Waals surface area contributed by atoms with E-state index in [1.165, 1.54) is 38.1 Å². The van der Waals surface area contributed by atoms with Crippen molar-refractivity contribution in [3.63, 3.8) is 0 Å². The topological polar surface area (TPSA) is 132 Å². The number of aromatic nitrogens is 4. The largest absolute Gasteiger partial charge is 0.493 e. The number of nitrogens with one attached hydrogen (secondary N) is 2. The zero-order valence-corrected chi connectivity index (χ0v) is 19.5. The summed E-state index contributed by atoms with van der Waals surface area (Å²) in [6.07, 6.45) is -0.149. The first-order valence-corrected chi connectivity index (χ1v) is 10.8. The minimum Gasteiger partial charge on any atom is -0.493 e. The monoisotopic (exact) mass is 477 g/mol. The van der Waals surface area contributed by atoms with Gasteiger partial charge in [-0.25, -0.2) is 9.88 Å². The van der Waals surface area contributed by atoms with Crippen LogP contribution in [0.15, 0.2) is 41.2 Å². The number of nitrogens with zero attached hydrogens (tertiary/aromatic N) is 3. The highest BCUT2D eigenvalue weighted by atomic mass is 16.5. The molecule has 0 saturated carbocycles. The number of methoxy groups -OCH3 is 3. The lowest BCUT2D eigenvalue weighted by atomic mass is 9.98. The van der Waals surface area contributed by atoms with Gasteiger partial charge in [-0.2, -0.15) is 4.68 Å². The van der Waals surface area contributed by atoms with Crippen LogP contribution in [0.3, 0.4) is 0 Å². The molecule has 0 unspecified atom stereocenters. The number of H-pyrrole nitrogens is 2. The molecular weight excluding hydrogens is 454 g/mol. The molecule has 0 radical (unpaired) electrons. The van der Waals surface area contributed by atoms with Crippen LogP contribution >= 0.6 is 0 Å². The molecule has 5 rings (SSSR count). The SMILES string of the molecule is COc1cc(N2C(=O)C[C@H](c3c(C)[nH]n(-c4nc5ccccc5[nH]4)c3=O)C2=O)cc(OC)c1OC. The number of para-hydroxylation sites is 2. The fourth-order valence-corrected chi connectivity index (χ4v) is 4.49. The van der Waals surface area contributed by atoms with Crippen LogP contribution in [0.1, 0.15) is 23.6 Å². The van der Waals surface area contributed by atoms with E-state index in [1.807, 2.05) is 24.3 Å². The second-order valence-corrected chi connectivity index (χ2v) is 8.08. The summed E-state index contributed by atoms with van der Waals surface area (Å²) in [4.78, 5) is 48.4. The van der Waals surface area contributed by atoms with Crippen LogP contribution in [0.25, 0.3) is 17.0 Å². The van der Waals surface area contributed by atoms with Crippen LogP contribution in [0.4, 0.5) is 5.69 Å². The third-order valence-corrected chi connectivity index (χ3v) is 6.11. The van der Waals surface area contributed by atoms with Crippen molar-refractivity contribution >= 4 is 28.5 Å². The minimum absolute atomic E-state index is 0.149. The molecular formula is C24H23N5O6. The summed E-state index contributed by atoms with van der Waals surface area (Å²) < 4.78 is 17.3. The first-order valence-electron chi connectivity index (χ1n) is 10.8. The van der Waals surface area contributed by atoms with Crippen LogP contribution in [0.2, 0.25) is 0 Å². The average molecular weight is 477 g/mol. The fraction of sp³-hybridized carbons (Fsp3) is 0.250. The van der Waals surface area contributed by atoms with Gasteiger partial charge in [0.05, 0.1) is 49.5 Å². The smallest absolute Gasteiger partial charge is 0.278 e. The number of hydrogen-bond acceptors (Lipinski definition) is 7. The van der Waals surface area contributed by atoms with Crippen LogP contribution in [-0.4, -0.2) is 52.9 Å². The highest BCUT2D eigenvalue weighted by Crippen LogP contribution is 2.43. The number of aryl methyl sites for hydroxylation is 1. The zero-order valence-electron chi connectivity index (χ0n) is 19.5. The van der Waals surface area contributed by atoms with E-state index in [4.69, 9.17) is 14.2 Å². The first-order chi connectivity index (χ1) is 16.9. The maximum atomic E-state index is 13.5. The molecule has 1 aliphatic heterocycles. The molecule has 11 nitrogen and oxygen atoms in total. The Morgan fingerprint density at radius 3 is 2.31 bits per heavy atom. The number of fused-ring (bicyclic) bond motifs is 1. The third kappa shape index (κ3) is 3.43. The number of carbonyl (C=O) groups is 2. The number of imidazole rings is 1. The van der Waals surface area contributed by atoms with Gasteiger partial charge >= 0.3 is 0 Å². The summed E-state index contributed by atoms with van der Waals surface area (Å²) in [6.45, 7) is 1.69. The summed E-state index contributed by atoms with van der Waals surface area (Å²) in [7, 11) is 4.35. The lowest BCUT2D eigenvalue weighted by Crippen LogP contribution is -2.31. The lowest BCUT2D eigenvalue weighted by Gasteiger charge is -2.19. The molecule has 0 bridgehead atoms. The number of benzene rings is 2. The molecule has 4 aromatic rings. The van der Waals surface area contributed by atoms with Crippen LogP contribution in [0.5, 0.6) is 17.2 Å². The van der Waals surface area contributed by atoms with Gasteiger partial charge in [0.15, 0.2) is 11.5 Å². The van der Waals surface area contributed by atoms with Crippen molar-refractivity contribution in [1.29, 1.82) is 0 Å². The van der Waals surface area contributed by atoms with E-state index in [1.54, 1.807) is 6.92 Å². The highest BCUT2D eigenvalue weighted by Gasteiger charge is 2.43. The van der Waals surface area contributed by atoms with E-state index in [0.717, 1.165) is 10.4 Å². The Morgan fingerprint density at radius 2 is 1.69 bits per heavy atom. The number of anilines is 1. The molecule has 1 atom stereocenters. The molecule has 2 amide bonds. The molecule has 2 aromatic carbocycles. The van der Waals surface area contributed by atoms with Crippen LogP contribution in [-0.2, 0) is 9.59 Å². The number of ether oxygens (including phenoxy) is 3. The Balaban J connectivity index is 1.54. The molecule has 11 heteroatoms. The van der Waals surface area contributed by atoms with Crippen LogP contribution < -0.4 is 24.7 Å². The minimum atomic E-state index is -0.948. The number of rotatable bonds is 6. The number of amides is 2. The normalized spacial score (nSPS) is 15.8. The third-order valence-electron chi connectivity index (χ3n) is 6.11. The predicted molar refractivity (Wildman–Crippen MR) is 127 cm³/mol. The van der Waals surface area contributed by atoms with Gasteiger partial charge in [-0.05, 0) is 19.1 Å². The average Bonchev–Trinajstić information content (AvgIpc) is 3.50. The molecule has 1 saturated heterocycles. The highest BCUT2D eigenvalue weighted by molar-refractivity contribution is 6.23. The molecule has 35 heavy (non-hydrogen) atoms. The Bertz CT molecular complexity index is 1470. The maximum Gasteiger partial charge on any atom is 0.278 e. The Labute approximate surface area is 199 Å². The lowest BCUT2D eigenvalue weighted by molar-refractivity contribution is -0.121. The molecule has 3 heterocycles. The van der Waals surface area contributed by atoms with Crippen molar-refractivity contribution in [2.24, 2.45) is 0 Å². The van der Waals surface area contributed by atoms with E-state index in [9.17, 15) is 14.4 Å². The number of hydrogen-bond donors (Lipinski definition) is 2. The van der Waals surface area contributed by atoms with Gasteiger partial charge in [0.1, 0.15) is 0 Å². The molecule has 2 aromatic heterocycles. The van der Waals surface area contributed by atoms with E-state index in [-0.39, 0.29) is 17.7 Å². The van der Waals surface area contributed by atoms with Gasteiger partial charge in [-0.15, -0.1) is 0 Å². The van der Waals surface area contributed by atoms with E-state index in [2.05, 4.69) is 15.1 Å². The molecule has 0 aliphatic carbocycles. The molecule has 1 fully saturated rings. The van der Waals surface area contributed by atoms with Gasteiger partial charge < -0.3 is 19.2 Å². The second-order valence-electron chi connectivity index (χ2n) is 8.08. The van der Waals surface area contributed by atoms with Gasteiger partial charge in [-0.3, -0.25) is 19.5 Å². The van der Waals surface area contributed by atoms with E-state index < -0.39 is 23.3 Å². The van der Waals surface area contributed by atoms with E-state index in [0.29, 0.717) is 34.4 Å². The summed E-state index contributed by atoms with van der Waals surface area (Å²) in [5.41, 5.74) is 1.99. The number of imide groups is 1. The Kier molecular flexibility index (Phi) is 5.31. The summed E-state index contributed by atoms with van der Waals surface area (Å²) >= 11 is 0. The van der Waals surface area contributed by atoms with Gasteiger partial charge in [0, 0.05) is 24.2 Å². The Morgan fingerprint density at radius 1 is 1.00 bits per heavy atom. The Hall–Kier alpha value is -4.54. The van der Waals surface area contributed by atoms with Crippen molar-refractivity contribution in [2.45, 2.75) is 19.3 Å². The summed E-state index contributed by atoms with van der Waals surface area (Å²) in [6, 6.07) is 10.4. The fourth-order valence-electron chi connectivity index (χ4n) is 4.49. The summed E-state index contributed by atoms with van der Waals surface area (Å²) in [5, 5.41) is 2.98. The molecule has 0 spiro atoms. The molecule has 180 valence electrons. The van der Waals surface area contributed by atoms with Gasteiger partial charge in [0.2, 0.25) is 23.5 Å². The van der Waals surface area contributed by atoms with Gasteiger partial charge in [-0.1, -0.05) is 12.1 Å². The van der Waals surface area contributed by atoms with Crippen molar-refractivity contribution in [3.05, 3.63) is 58.0 Å². The van der Waals surface area contributed by atoms with Crippen molar-refractivity contribution in [1.82, 2.24) is 19.7 Å². The van der Waals surface area contributed by atoms with Gasteiger partial charge in [0.25, 0.3) is 5.56 Å². The van der Waals surface area contributed by atoms with Crippen molar-refractivity contribution in [2.75, 3.05) is 26.2 Å². The first kappa shape index (κ1) is 22.3. The zero-order chi connectivity index (χ0) is 24.9. The number of carbonyl (C=O) groups excluding carboxylic acids is 2. The number of aromatic amines is 2. The molecule has 2 N–H and O–H groups in total. The van der Waals surface area contributed by atoms with Crippen molar-refractivity contribution < 1.29 is 23.8 Å². The van der Waals surface area contributed by atoms with Crippen molar-refractivity contribution in [3.8, 4) is 23.2 Å². The quantitative estimate of drug-likeness (QED) is 0.408. The summed E-state index contributed by atoms with van der Waals surface area (Å²) in [5.74, 6) is -0.666. The maximum absolute atomic E-state index is 13.5. The standard InChI is InChI=1S/C24H23N5O6/c1-12-20(23(32)29(27-12)24-25-15-7-5-6-8-16(15)26-24)14-11-19(30)28(22(14)31)13-9-17(33-2)21(35-4)18(10-13)34-3/h5-10,14,27H,11H2,1-4H3,(H,25,26)/t14-/m1/s1. The van der Waals surface area contributed by atoms with Crippen LogP contribution in [0, 0.1) is 6.92 Å². The molecule has 1 aliphatic rings. The van der Waals surface area contributed by atoms with E-state index >= 15 is 0 Å². The second kappa shape index (κ2) is 8.35.